The van der Waals surface area contributed by atoms with E-state index in [2.05, 4.69) is 50.5 Å². The molecule has 0 spiro atoms. The molecule has 86 valence electrons. The zero-order valence-corrected chi connectivity index (χ0v) is 11.1. The molecule has 0 aliphatic carbocycles. The van der Waals surface area contributed by atoms with Crippen molar-refractivity contribution in [1.29, 1.82) is 0 Å². The van der Waals surface area contributed by atoms with Gasteiger partial charge in [-0.15, -0.1) is 0 Å². The first-order valence-electron chi connectivity index (χ1n) is 5.74. The normalized spacial score (nSPS) is 18.8. The summed E-state index contributed by atoms with van der Waals surface area (Å²) in [6, 6.07) is 8.46. The zero-order valence-electron chi connectivity index (χ0n) is 9.54. The monoisotopic (exact) mass is 280 g/mol. The van der Waals surface area contributed by atoms with Crippen molar-refractivity contribution in [3.05, 3.63) is 34.3 Å². The average molecular weight is 281 g/mol. The minimum atomic E-state index is 0.618. The largest absolute Gasteiger partial charge is 0.317 e. The molecule has 0 amide bonds. The summed E-state index contributed by atoms with van der Waals surface area (Å²) in [4.78, 5) is 4.49. The van der Waals surface area contributed by atoms with Gasteiger partial charge in [0.2, 0.25) is 0 Å². The number of hydrogen-bond donors (Lipinski definition) is 1. The maximum Gasteiger partial charge on any atom is 0.0448 e. The van der Waals surface area contributed by atoms with Gasteiger partial charge in [0.15, 0.2) is 0 Å². The Balaban J connectivity index is 2.18. The van der Waals surface area contributed by atoms with Gasteiger partial charge in [-0.05, 0) is 43.6 Å². The predicted octanol–water partition coefficient (Wildman–Crippen LogP) is 2.87. The first kappa shape index (κ1) is 11.8. The van der Waals surface area contributed by atoms with Gasteiger partial charge in [0.05, 0.1) is 0 Å². The van der Waals surface area contributed by atoms with Gasteiger partial charge >= 0.3 is 0 Å². The van der Waals surface area contributed by atoms with E-state index in [0.717, 1.165) is 17.6 Å². The average Bonchev–Trinajstić information content (AvgIpc) is 2.34. The number of benzene rings is 1. The van der Waals surface area contributed by atoms with Crippen molar-refractivity contribution < 1.29 is 0 Å². The van der Waals surface area contributed by atoms with E-state index < -0.39 is 0 Å². The molecule has 1 saturated heterocycles. The van der Waals surface area contributed by atoms with Gasteiger partial charge in [0, 0.05) is 23.1 Å². The van der Waals surface area contributed by atoms with Crippen molar-refractivity contribution in [3.63, 3.8) is 0 Å². The van der Waals surface area contributed by atoms with Crippen LogP contribution in [0.25, 0.3) is 0 Å². The molecule has 0 saturated carbocycles. The SMILES string of the molecule is C/N=C(\c1ccc(Br)cc1)C1CCNCC1. The summed E-state index contributed by atoms with van der Waals surface area (Å²) in [6.07, 6.45) is 2.39. The maximum absolute atomic E-state index is 4.49. The first-order chi connectivity index (χ1) is 7.81. The third-order valence-corrected chi connectivity index (χ3v) is 3.64. The van der Waals surface area contributed by atoms with Crippen molar-refractivity contribution in [3.8, 4) is 0 Å². The van der Waals surface area contributed by atoms with Crippen LogP contribution >= 0.6 is 15.9 Å². The molecule has 1 fully saturated rings. The van der Waals surface area contributed by atoms with Crippen LogP contribution in [0.1, 0.15) is 18.4 Å². The summed E-state index contributed by atoms with van der Waals surface area (Å²) in [5.41, 5.74) is 2.52. The summed E-state index contributed by atoms with van der Waals surface area (Å²) in [7, 11) is 1.90. The molecule has 1 N–H and O–H groups in total. The van der Waals surface area contributed by atoms with E-state index in [-0.39, 0.29) is 0 Å². The third-order valence-electron chi connectivity index (χ3n) is 3.11. The predicted molar refractivity (Wildman–Crippen MR) is 72.2 cm³/mol. The lowest BCUT2D eigenvalue weighted by molar-refractivity contribution is 0.457. The molecule has 0 unspecified atom stereocenters. The lowest BCUT2D eigenvalue weighted by Gasteiger charge is -2.24. The second kappa shape index (κ2) is 5.60. The van der Waals surface area contributed by atoms with Crippen LogP contribution in [0.5, 0.6) is 0 Å². The van der Waals surface area contributed by atoms with E-state index in [0.29, 0.717) is 5.92 Å². The first-order valence-corrected chi connectivity index (χ1v) is 6.54. The van der Waals surface area contributed by atoms with Crippen LogP contribution in [0.4, 0.5) is 0 Å². The van der Waals surface area contributed by atoms with E-state index >= 15 is 0 Å². The number of nitrogens with zero attached hydrogens (tertiary/aromatic N) is 1. The van der Waals surface area contributed by atoms with E-state index in [1.165, 1.54) is 24.1 Å². The molecule has 1 aromatic carbocycles. The lowest BCUT2D eigenvalue weighted by Crippen LogP contribution is -2.32. The number of halogens is 1. The maximum atomic E-state index is 4.49. The molecule has 1 aromatic rings. The van der Waals surface area contributed by atoms with Gasteiger partial charge in [0.1, 0.15) is 0 Å². The summed E-state index contributed by atoms with van der Waals surface area (Å²) in [6.45, 7) is 2.22. The van der Waals surface area contributed by atoms with Crippen molar-refractivity contribution in [2.45, 2.75) is 12.8 Å². The summed E-state index contributed by atoms with van der Waals surface area (Å²) in [5.74, 6) is 0.618. The Labute approximate surface area is 105 Å². The van der Waals surface area contributed by atoms with Crippen molar-refractivity contribution in [2.24, 2.45) is 10.9 Å². The van der Waals surface area contributed by atoms with Crippen LogP contribution in [0, 0.1) is 5.92 Å². The molecular weight excluding hydrogens is 264 g/mol. The molecule has 0 aromatic heterocycles. The Morgan fingerprint density at radius 2 is 1.88 bits per heavy atom. The second-order valence-electron chi connectivity index (χ2n) is 4.14. The minimum Gasteiger partial charge on any atom is -0.317 e. The Bertz CT molecular complexity index is 364. The highest BCUT2D eigenvalue weighted by Gasteiger charge is 2.19. The van der Waals surface area contributed by atoms with Crippen LogP contribution in [0.15, 0.2) is 33.7 Å². The highest BCUT2D eigenvalue weighted by Crippen LogP contribution is 2.20. The fraction of sp³-hybridized carbons (Fsp3) is 0.462. The van der Waals surface area contributed by atoms with Gasteiger partial charge in [-0.1, -0.05) is 28.1 Å². The standard InChI is InChI=1S/C13H17BrN2/c1-15-13(11-6-8-16-9-7-11)10-2-4-12(14)5-3-10/h2-5,11,16H,6-9H2,1H3/b15-13+. The van der Waals surface area contributed by atoms with E-state index in [1.807, 2.05) is 7.05 Å². The number of aliphatic imine (C=N–C) groups is 1. The molecule has 2 rings (SSSR count). The lowest BCUT2D eigenvalue weighted by atomic mass is 9.89. The molecule has 0 radical (unpaired) electrons. The van der Waals surface area contributed by atoms with Crippen LogP contribution < -0.4 is 5.32 Å². The summed E-state index contributed by atoms with van der Waals surface area (Å²) >= 11 is 3.46. The molecular formula is C13H17BrN2. The van der Waals surface area contributed by atoms with Crippen molar-refractivity contribution in [2.75, 3.05) is 20.1 Å². The molecule has 1 aliphatic rings. The fourth-order valence-corrected chi connectivity index (χ4v) is 2.53. The number of nitrogens with one attached hydrogen (secondary N) is 1. The van der Waals surface area contributed by atoms with Gasteiger partial charge in [0.25, 0.3) is 0 Å². The molecule has 2 nitrogen and oxygen atoms in total. The molecule has 3 heteroatoms. The Morgan fingerprint density at radius 3 is 2.44 bits per heavy atom. The highest BCUT2D eigenvalue weighted by molar-refractivity contribution is 9.10. The minimum absolute atomic E-state index is 0.618. The van der Waals surface area contributed by atoms with Crippen LogP contribution in [-0.2, 0) is 0 Å². The summed E-state index contributed by atoms with van der Waals surface area (Å²) < 4.78 is 1.12. The molecule has 1 aliphatic heterocycles. The number of hydrogen-bond acceptors (Lipinski definition) is 2. The third kappa shape index (κ3) is 2.71. The van der Waals surface area contributed by atoms with Crippen molar-refractivity contribution >= 4 is 21.6 Å². The number of piperidine rings is 1. The van der Waals surface area contributed by atoms with Crippen LogP contribution in [0.2, 0.25) is 0 Å². The van der Waals surface area contributed by atoms with Gasteiger partial charge in [-0.2, -0.15) is 0 Å². The molecule has 0 atom stereocenters. The van der Waals surface area contributed by atoms with E-state index in [4.69, 9.17) is 0 Å². The molecule has 16 heavy (non-hydrogen) atoms. The van der Waals surface area contributed by atoms with Crippen LogP contribution in [-0.4, -0.2) is 25.8 Å². The zero-order chi connectivity index (χ0) is 11.4. The van der Waals surface area contributed by atoms with E-state index in [9.17, 15) is 0 Å². The highest BCUT2D eigenvalue weighted by atomic mass is 79.9. The topological polar surface area (TPSA) is 24.4 Å². The van der Waals surface area contributed by atoms with Crippen LogP contribution in [0.3, 0.4) is 0 Å². The quantitative estimate of drug-likeness (QED) is 0.828. The molecule has 1 heterocycles. The Kier molecular flexibility index (Phi) is 4.13. The second-order valence-corrected chi connectivity index (χ2v) is 5.06. The van der Waals surface area contributed by atoms with E-state index in [1.54, 1.807) is 0 Å². The summed E-state index contributed by atoms with van der Waals surface area (Å²) in [5, 5.41) is 3.39. The van der Waals surface area contributed by atoms with Gasteiger partial charge < -0.3 is 5.32 Å². The molecule has 0 bridgehead atoms. The van der Waals surface area contributed by atoms with Crippen molar-refractivity contribution in [1.82, 2.24) is 5.32 Å². The Hall–Kier alpha value is -0.670. The fourth-order valence-electron chi connectivity index (χ4n) is 2.26. The van der Waals surface area contributed by atoms with Gasteiger partial charge in [-0.25, -0.2) is 0 Å². The Morgan fingerprint density at radius 1 is 1.25 bits per heavy atom. The number of rotatable bonds is 2. The van der Waals surface area contributed by atoms with Gasteiger partial charge in [-0.3, -0.25) is 4.99 Å². The smallest absolute Gasteiger partial charge is 0.0448 e.